The first-order valence-corrected chi connectivity index (χ1v) is 3.13. The molecule has 0 saturated heterocycles. The first kappa shape index (κ1) is 9.84. The maximum atomic E-state index is 9.38. The highest BCUT2D eigenvalue weighted by Crippen LogP contribution is 2.19. The summed E-state index contributed by atoms with van der Waals surface area (Å²) >= 11 is 0. The average molecular weight is 149 g/mol. The van der Waals surface area contributed by atoms with E-state index in [1.54, 1.807) is 5.48 Å². The fourth-order valence-electron chi connectivity index (χ4n) is 0.370. The predicted molar refractivity (Wildman–Crippen MR) is 36.7 cm³/mol. The molecule has 4 heteroatoms. The summed E-state index contributed by atoms with van der Waals surface area (Å²) in [6.07, 6.45) is 0. The highest BCUT2D eigenvalue weighted by Gasteiger charge is 2.36. The number of rotatable bonds is 3. The molecular weight excluding hydrogens is 134 g/mol. The number of aliphatic hydroxyl groups is 2. The van der Waals surface area contributed by atoms with Crippen molar-refractivity contribution >= 4 is 0 Å². The summed E-state index contributed by atoms with van der Waals surface area (Å²) in [4.78, 5) is 0. The Morgan fingerprint density at radius 3 is 1.70 bits per heavy atom. The van der Waals surface area contributed by atoms with Crippen LogP contribution in [-0.2, 0) is 0 Å². The van der Waals surface area contributed by atoms with Crippen LogP contribution in [0.2, 0.25) is 0 Å². The van der Waals surface area contributed by atoms with Crippen LogP contribution >= 0.6 is 0 Å². The Labute approximate surface area is 60.5 Å². The van der Waals surface area contributed by atoms with Gasteiger partial charge < -0.3 is 15.4 Å². The molecule has 1 unspecified atom stereocenters. The van der Waals surface area contributed by atoms with Crippen molar-refractivity contribution in [3.05, 3.63) is 0 Å². The molecule has 0 aromatic heterocycles. The summed E-state index contributed by atoms with van der Waals surface area (Å²) < 4.78 is 0. The summed E-state index contributed by atoms with van der Waals surface area (Å²) in [5.41, 5.74) is -0.733. The Bertz CT molecular complexity index is 106. The highest BCUT2D eigenvalue weighted by molar-refractivity contribution is 4.90. The number of nitrogens with one attached hydrogen (secondary N) is 1. The Kier molecular flexibility index (Phi) is 2.79. The molecule has 0 aliphatic heterocycles. The van der Waals surface area contributed by atoms with Crippen LogP contribution in [0.4, 0.5) is 0 Å². The second-order valence-corrected chi connectivity index (χ2v) is 3.17. The highest BCUT2D eigenvalue weighted by atomic mass is 16.5. The molecule has 0 bridgehead atoms. The van der Waals surface area contributed by atoms with Crippen LogP contribution in [0, 0.1) is 0 Å². The molecule has 1 atom stereocenters. The van der Waals surface area contributed by atoms with E-state index in [0.29, 0.717) is 0 Å². The molecule has 10 heavy (non-hydrogen) atoms. The molecule has 0 aliphatic rings. The van der Waals surface area contributed by atoms with E-state index in [4.69, 9.17) is 5.21 Å². The maximum Gasteiger partial charge on any atom is 0.105 e. The van der Waals surface area contributed by atoms with Crippen LogP contribution < -0.4 is 5.48 Å². The van der Waals surface area contributed by atoms with Gasteiger partial charge in [0.25, 0.3) is 0 Å². The summed E-state index contributed by atoms with van der Waals surface area (Å²) in [7, 11) is 0. The Morgan fingerprint density at radius 2 is 1.60 bits per heavy atom. The minimum atomic E-state index is -1.32. The van der Waals surface area contributed by atoms with Crippen molar-refractivity contribution in [1.82, 2.24) is 5.48 Å². The van der Waals surface area contributed by atoms with E-state index < -0.39 is 11.2 Å². The molecule has 4 N–H and O–H groups in total. The molecule has 0 aromatic rings. The van der Waals surface area contributed by atoms with Gasteiger partial charge in [0.1, 0.15) is 5.60 Å². The lowest BCUT2D eigenvalue weighted by atomic mass is 9.88. The van der Waals surface area contributed by atoms with Crippen LogP contribution in [0.5, 0.6) is 0 Å². The first-order chi connectivity index (χ1) is 4.31. The second-order valence-electron chi connectivity index (χ2n) is 3.17. The van der Waals surface area contributed by atoms with Gasteiger partial charge in [-0.1, -0.05) is 0 Å². The van der Waals surface area contributed by atoms with Crippen LogP contribution in [0.25, 0.3) is 0 Å². The van der Waals surface area contributed by atoms with E-state index in [-0.39, 0.29) is 6.54 Å². The van der Waals surface area contributed by atoms with Gasteiger partial charge in [-0.15, -0.1) is 0 Å². The topological polar surface area (TPSA) is 72.7 Å². The van der Waals surface area contributed by atoms with Crippen molar-refractivity contribution in [2.24, 2.45) is 0 Å². The molecule has 0 spiro atoms. The number of hydrogen-bond acceptors (Lipinski definition) is 4. The lowest BCUT2D eigenvalue weighted by molar-refractivity contribution is -0.128. The monoisotopic (exact) mass is 149 g/mol. The van der Waals surface area contributed by atoms with Crippen molar-refractivity contribution < 1.29 is 15.4 Å². The van der Waals surface area contributed by atoms with Crippen LogP contribution in [0.1, 0.15) is 20.8 Å². The summed E-state index contributed by atoms with van der Waals surface area (Å²) in [5.74, 6) is 0. The van der Waals surface area contributed by atoms with Gasteiger partial charge in [-0.3, -0.25) is 0 Å². The van der Waals surface area contributed by atoms with Crippen molar-refractivity contribution in [2.75, 3.05) is 6.54 Å². The van der Waals surface area contributed by atoms with Crippen molar-refractivity contribution in [3.63, 3.8) is 0 Å². The van der Waals surface area contributed by atoms with E-state index in [9.17, 15) is 10.2 Å². The quantitative estimate of drug-likeness (QED) is 0.408. The molecule has 0 radical (unpaired) electrons. The minimum absolute atomic E-state index is 0.0590. The first-order valence-electron chi connectivity index (χ1n) is 3.13. The summed E-state index contributed by atoms with van der Waals surface area (Å²) in [5, 5.41) is 26.9. The zero-order valence-corrected chi connectivity index (χ0v) is 6.55. The Hall–Kier alpha value is -0.160. The Balaban J connectivity index is 4.10. The fraction of sp³-hybridized carbons (Fsp3) is 1.00. The third-order valence-corrected chi connectivity index (χ3v) is 1.74. The van der Waals surface area contributed by atoms with Gasteiger partial charge in [-0.25, -0.2) is 5.48 Å². The van der Waals surface area contributed by atoms with Crippen LogP contribution in [0.3, 0.4) is 0 Å². The fourth-order valence-corrected chi connectivity index (χ4v) is 0.370. The molecule has 62 valence electrons. The minimum Gasteiger partial charge on any atom is -0.387 e. The molecular formula is C6H15NO3. The van der Waals surface area contributed by atoms with Crippen LogP contribution in [0.15, 0.2) is 0 Å². The third kappa shape index (κ3) is 2.22. The molecule has 0 saturated carbocycles. The lowest BCUT2D eigenvalue weighted by Gasteiger charge is -2.34. The standard InChI is InChI=1S/C6H15NO3/c1-5(2,8)6(3,9)4-7-10/h7-10H,4H2,1-3H3. The second kappa shape index (κ2) is 2.84. The lowest BCUT2D eigenvalue weighted by Crippen LogP contribution is -2.53. The molecule has 0 aliphatic carbocycles. The predicted octanol–water partition coefficient (Wildman–Crippen LogP) is -0.513. The molecule has 0 aromatic carbocycles. The average Bonchev–Trinajstić information content (AvgIpc) is 1.61. The van der Waals surface area contributed by atoms with Crippen LogP contribution in [-0.4, -0.2) is 33.2 Å². The smallest absolute Gasteiger partial charge is 0.105 e. The Morgan fingerprint density at radius 1 is 1.20 bits per heavy atom. The van der Waals surface area contributed by atoms with Gasteiger partial charge in [0.2, 0.25) is 0 Å². The SMILES string of the molecule is CC(C)(O)C(C)(O)CNO. The summed E-state index contributed by atoms with van der Waals surface area (Å²) in [6.45, 7) is 4.33. The molecule has 0 rings (SSSR count). The van der Waals surface area contributed by atoms with E-state index in [1.807, 2.05) is 0 Å². The van der Waals surface area contributed by atoms with E-state index in [2.05, 4.69) is 0 Å². The third-order valence-electron chi connectivity index (χ3n) is 1.74. The molecule has 0 amide bonds. The normalized spacial score (nSPS) is 18.6. The van der Waals surface area contributed by atoms with Gasteiger partial charge in [-0.2, -0.15) is 0 Å². The van der Waals surface area contributed by atoms with Gasteiger partial charge in [-0.05, 0) is 20.8 Å². The van der Waals surface area contributed by atoms with Crippen molar-refractivity contribution in [3.8, 4) is 0 Å². The van der Waals surface area contributed by atoms with Gasteiger partial charge >= 0.3 is 0 Å². The molecule has 4 nitrogen and oxygen atoms in total. The maximum absolute atomic E-state index is 9.38. The van der Waals surface area contributed by atoms with Crippen molar-refractivity contribution in [1.29, 1.82) is 0 Å². The number of hydroxylamine groups is 1. The van der Waals surface area contributed by atoms with Crippen molar-refractivity contribution in [2.45, 2.75) is 32.0 Å². The molecule has 0 fully saturated rings. The van der Waals surface area contributed by atoms with E-state index >= 15 is 0 Å². The number of hydrogen-bond donors (Lipinski definition) is 4. The zero-order valence-electron chi connectivity index (χ0n) is 6.55. The van der Waals surface area contributed by atoms with Gasteiger partial charge in [0.15, 0.2) is 0 Å². The molecule has 0 heterocycles. The zero-order chi connectivity index (χ0) is 8.41. The largest absolute Gasteiger partial charge is 0.387 e. The van der Waals surface area contributed by atoms with Gasteiger partial charge in [0.05, 0.1) is 12.1 Å². The van der Waals surface area contributed by atoms with E-state index in [0.717, 1.165) is 0 Å². The van der Waals surface area contributed by atoms with E-state index in [1.165, 1.54) is 20.8 Å². The van der Waals surface area contributed by atoms with Gasteiger partial charge in [0, 0.05) is 0 Å². The summed E-state index contributed by atoms with van der Waals surface area (Å²) in [6, 6.07) is 0.